The van der Waals surface area contributed by atoms with Crippen LogP contribution in [0, 0.1) is 0 Å². The van der Waals surface area contributed by atoms with Crippen molar-refractivity contribution in [1.29, 1.82) is 0 Å². The highest BCUT2D eigenvalue weighted by Crippen LogP contribution is 2.45. The fourth-order valence-electron chi connectivity index (χ4n) is 8.11. The number of nitrogens with zero attached hydrogens (tertiary/aromatic N) is 2. The molecule has 4 heteroatoms. The van der Waals surface area contributed by atoms with Gasteiger partial charge in [-0.15, -0.1) is 0 Å². The number of anilines is 3. The molecule has 57 heavy (non-hydrogen) atoms. The summed E-state index contributed by atoms with van der Waals surface area (Å²) in [5.74, 6) is 0.539. The van der Waals surface area contributed by atoms with Crippen molar-refractivity contribution in [1.82, 2.24) is 4.98 Å². The Hall–Kier alpha value is -7.69. The van der Waals surface area contributed by atoms with Gasteiger partial charge in [-0.1, -0.05) is 140 Å². The molecule has 268 valence electrons. The Bertz CT molecular complexity index is 3130. The summed E-state index contributed by atoms with van der Waals surface area (Å²) in [6.45, 7) is 0. The second-order valence-corrected chi connectivity index (χ2v) is 14.4. The van der Waals surface area contributed by atoms with E-state index in [0.29, 0.717) is 5.89 Å². The number of aromatic nitrogens is 1. The number of furan rings is 1. The first-order chi connectivity index (χ1) is 28.2. The highest BCUT2D eigenvalue weighted by molar-refractivity contribution is 6.22. The van der Waals surface area contributed by atoms with Crippen LogP contribution in [0.3, 0.4) is 0 Å². The van der Waals surface area contributed by atoms with Crippen LogP contribution in [0.4, 0.5) is 17.1 Å². The molecule has 4 nitrogen and oxygen atoms in total. The highest BCUT2D eigenvalue weighted by Gasteiger charge is 2.22. The summed E-state index contributed by atoms with van der Waals surface area (Å²) in [6, 6.07) is 72.4. The molecule has 0 unspecified atom stereocenters. The van der Waals surface area contributed by atoms with Gasteiger partial charge in [0, 0.05) is 33.9 Å². The first-order valence-electron chi connectivity index (χ1n) is 19.2. The molecular weight excluding hydrogens is 697 g/mol. The normalized spacial score (nSPS) is 11.5. The maximum absolute atomic E-state index is 6.94. The monoisotopic (exact) mass is 730 g/mol. The van der Waals surface area contributed by atoms with E-state index in [4.69, 9.17) is 13.8 Å². The number of para-hydroxylation sites is 2. The van der Waals surface area contributed by atoms with Gasteiger partial charge in [0.05, 0.1) is 5.56 Å². The van der Waals surface area contributed by atoms with Crippen LogP contribution in [-0.2, 0) is 0 Å². The van der Waals surface area contributed by atoms with Gasteiger partial charge >= 0.3 is 0 Å². The lowest BCUT2D eigenvalue weighted by atomic mass is 9.97. The van der Waals surface area contributed by atoms with Gasteiger partial charge < -0.3 is 13.7 Å². The highest BCUT2D eigenvalue weighted by atomic mass is 16.4. The Labute approximate surface area is 329 Å². The summed E-state index contributed by atoms with van der Waals surface area (Å²) < 4.78 is 13.3. The quantitative estimate of drug-likeness (QED) is 0.164. The van der Waals surface area contributed by atoms with Crippen LogP contribution in [0.1, 0.15) is 0 Å². The molecule has 11 rings (SSSR count). The van der Waals surface area contributed by atoms with Crippen LogP contribution < -0.4 is 4.90 Å². The maximum atomic E-state index is 6.94. The van der Waals surface area contributed by atoms with Gasteiger partial charge in [-0.3, -0.25) is 0 Å². The van der Waals surface area contributed by atoms with Crippen LogP contribution in [0.25, 0.3) is 88.6 Å². The van der Waals surface area contributed by atoms with E-state index < -0.39 is 0 Å². The largest absolute Gasteiger partial charge is 0.455 e. The Morgan fingerprint density at radius 1 is 0.368 bits per heavy atom. The lowest BCUT2D eigenvalue weighted by molar-refractivity contribution is 0.615. The van der Waals surface area contributed by atoms with Crippen molar-refractivity contribution in [3.63, 3.8) is 0 Å². The number of fused-ring (bicyclic) bond motifs is 6. The number of hydrogen-bond acceptors (Lipinski definition) is 4. The van der Waals surface area contributed by atoms with Gasteiger partial charge in [0.15, 0.2) is 5.58 Å². The van der Waals surface area contributed by atoms with Crippen LogP contribution in [0.15, 0.2) is 215 Å². The fourth-order valence-corrected chi connectivity index (χ4v) is 8.11. The van der Waals surface area contributed by atoms with Crippen LogP contribution >= 0.6 is 0 Å². The smallest absolute Gasteiger partial charge is 0.231 e. The number of rotatable bonds is 7. The van der Waals surface area contributed by atoms with E-state index in [1.54, 1.807) is 0 Å². The lowest BCUT2D eigenvalue weighted by Crippen LogP contribution is -2.10. The molecule has 0 aliphatic carbocycles. The van der Waals surface area contributed by atoms with E-state index >= 15 is 0 Å². The van der Waals surface area contributed by atoms with Gasteiger partial charge in [-0.25, -0.2) is 4.98 Å². The van der Waals surface area contributed by atoms with E-state index in [9.17, 15) is 0 Å². The Balaban J connectivity index is 1.14. The van der Waals surface area contributed by atoms with Crippen molar-refractivity contribution < 1.29 is 8.83 Å². The minimum Gasteiger partial charge on any atom is -0.455 e. The minimum atomic E-state index is 0.539. The third-order valence-electron chi connectivity index (χ3n) is 10.9. The van der Waals surface area contributed by atoms with E-state index in [0.717, 1.165) is 94.3 Å². The Morgan fingerprint density at radius 3 is 1.63 bits per heavy atom. The second-order valence-electron chi connectivity index (χ2n) is 14.4. The molecule has 0 N–H and O–H groups in total. The first kappa shape index (κ1) is 32.7. The van der Waals surface area contributed by atoms with Gasteiger partial charge in [0.1, 0.15) is 16.7 Å². The topological polar surface area (TPSA) is 42.4 Å². The van der Waals surface area contributed by atoms with E-state index in [-0.39, 0.29) is 0 Å². The standard InChI is InChI=1S/C53H34N2O2/c1-4-14-35(15-5-1)38-24-26-42(27-25-38)55(44-31-40(36-16-6-2-7-17-36)30-41(32-44)37-18-8-3-9-19-37)43-28-29-46-50(34-43)56-52-47(33-39-20-10-11-21-45(39)51(46)52)53-54-48-22-12-13-23-49(48)57-53/h1-34H. The molecule has 0 aliphatic heterocycles. The van der Waals surface area contributed by atoms with Crippen molar-refractivity contribution in [2.75, 3.05) is 4.90 Å². The molecule has 0 saturated heterocycles. The molecule has 0 amide bonds. The summed E-state index contributed by atoms with van der Waals surface area (Å²) in [7, 11) is 0. The molecule has 2 heterocycles. The number of oxazole rings is 1. The van der Waals surface area contributed by atoms with Crippen molar-refractivity contribution in [3.05, 3.63) is 206 Å². The number of hydrogen-bond donors (Lipinski definition) is 0. The SMILES string of the molecule is c1ccc(-c2ccc(N(c3cc(-c4ccccc4)cc(-c4ccccc4)c3)c3ccc4c(c3)oc3c(-c5nc6ccccc6o5)cc5ccccc5c34)cc2)cc1. The third kappa shape index (κ3) is 5.83. The maximum Gasteiger partial charge on any atom is 0.231 e. The van der Waals surface area contributed by atoms with Crippen LogP contribution in [-0.4, -0.2) is 4.98 Å². The molecule has 0 aliphatic rings. The predicted molar refractivity (Wildman–Crippen MR) is 235 cm³/mol. The van der Waals surface area contributed by atoms with Crippen LogP contribution in [0.2, 0.25) is 0 Å². The zero-order chi connectivity index (χ0) is 37.7. The van der Waals surface area contributed by atoms with Crippen molar-refractivity contribution in [3.8, 4) is 44.8 Å². The van der Waals surface area contributed by atoms with Gasteiger partial charge in [-0.05, 0) is 105 Å². The summed E-state index contributed by atoms with van der Waals surface area (Å²) in [6.07, 6.45) is 0. The average Bonchev–Trinajstić information content (AvgIpc) is 3.90. The molecule has 0 radical (unpaired) electrons. The summed E-state index contributed by atoms with van der Waals surface area (Å²) in [5.41, 5.74) is 13.9. The van der Waals surface area contributed by atoms with Gasteiger partial charge in [0.25, 0.3) is 0 Å². The van der Waals surface area contributed by atoms with Crippen LogP contribution in [0.5, 0.6) is 0 Å². The molecule has 0 atom stereocenters. The van der Waals surface area contributed by atoms with Crippen molar-refractivity contribution in [2.24, 2.45) is 0 Å². The van der Waals surface area contributed by atoms with E-state index in [1.807, 2.05) is 24.3 Å². The molecule has 11 aromatic rings. The van der Waals surface area contributed by atoms with Crippen molar-refractivity contribution >= 4 is 60.9 Å². The van der Waals surface area contributed by atoms with E-state index in [1.165, 1.54) is 5.56 Å². The molecule has 9 aromatic carbocycles. The third-order valence-corrected chi connectivity index (χ3v) is 10.9. The molecule has 0 bridgehead atoms. The molecule has 0 saturated carbocycles. The lowest BCUT2D eigenvalue weighted by Gasteiger charge is -2.27. The average molecular weight is 731 g/mol. The summed E-state index contributed by atoms with van der Waals surface area (Å²) in [5, 5.41) is 4.30. The number of benzene rings is 9. The zero-order valence-electron chi connectivity index (χ0n) is 30.8. The first-order valence-corrected chi connectivity index (χ1v) is 19.2. The zero-order valence-corrected chi connectivity index (χ0v) is 30.8. The van der Waals surface area contributed by atoms with Gasteiger partial charge in [-0.2, -0.15) is 0 Å². The molecule has 2 aromatic heterocycles. The summed E-state index contributed by atoms with van der Waals surface area (Å²) >= 11 is 0. The molecule has 0 spiro atoms. The van der Waals surface area contributed by atoms with E-state index in [2.05, 4.69) is 187 Å². The Morgan fingerprint density at radius 2 is 0.947 bits per heavy atom. The molecule has 0 fully saturated rings. The predicted octanol–water partition coefficient (Wildman–Crippen LogP) is 15.0. The minimum absolute atomic E-state index is 0.539. The van der Waals surface area contributed by atoms with Gasteiger partial charge in [0.2, 0.25) is 5.89 Å². The Kier molecular flexibility index (Phi) is 7.78. The fraction of sp³-hybridized carbons (Fsp3) is 0. The van der Waals surface area contributed by atoms with Crippen molar-refractivity contribution in [2.45, 2.75) is 0 Å². The molecular formula is C53H34N2O2. The summed E-state index contributed by atoms with van der Waals surface area (Å²) in [4.78, 5) is 7.23. The second kappa shape index (κ2) is 13.6.